The molecule has 0 aliphatic carbocycles. The summed E-state index contributed by atoms with van der Waals surface area (Å²) in [5, 5.41) is 11.1. The van der Waals surface area contributed by atoms with Crippen LogP contribution in [-0.2, 0) is 0 Å². The van der Waals surface area contributed by atoms with E-state index in [-0.39, 0.29) is 5.69 Å². The minimum Gasteiger partial charge on any atom is -0.496 e. The van der Waals surface area contributed by atoms with Crippen molar-refractivity contribution in [3.63, 3.8) is 0 Å². The van der Waals surface area contributed by atoms with Crippen LogP contribution in [-0.4, -0.2) is 31.4 Å². The van der Waals surface area contributed by atoms with E-state index in [1.165, 1.54) is 6.07 Å². The molecule has 6 nitrogen and oxygen atoms in total. The Morgan fingerprint density at radius 1 is 1.14 bits per heavy atom. The number of hydrazone groups is 1. The Labute approximate surface area is 176 Å². The highest BCUT2D eigenvalue weighted by Gasteiger charge is 2.16. The highest BCUT2D eigenvalue weighted by atomic mass is 79.9. The van der Waals surface area contributed by atoms with Gasteiger partial charge >= 0.3 is 6.03 Å². The highest BCUT2D eigenvalue weighted by molar-refractivity contribution is 9.11. The summed E-state index contributed by atoms with van der Waals surface area (Å²) in [6.45, 7) is 3.67. The molecule has 0 atom stereocenters. The predicted molar refractivity (Wildman–Crippen MR) is 115 cm³/mol. The van der Waals surface area contributed by atoms with Crippen molar-refractivity contribution in [2.45, 2.75) is 13.8 Å². The summed E-state index contributed by atoms with van der Waals surface area (Å²) in [4.78, 5) is 12.3. The van der Waals surface area contributed by atoms with Crippen LogP contribution < -0.4 is 15.4 Å². The Morgan fingerprint density at radius 2 is 1.76 bits per heavy atom. The number of ether oxygens (including phenoxy) is 1. The van der Waals surface area contributed by atoms with E-state index in [0.29, 0.717) is 17.0 Å². The number of benzene rings is 2. The number of rotatable bonds is 6. The molecular weight excluding hydrogens is 446 g/mol. The van der Waals surface area contributed by atoms with Crippen LogP contribution in [0.5, 0.6) is 5.75 Å². The van der Waals surface area contributed by atoms with Crippen molar-refractivity contribution in [3.05, 3.63) is 58.1 Å². The van der Waals surface area contributed by atoms with Gasteiger partial charge in [0.2, 0.25) is 0 Å². The molecule has 0 heterocycles. The SMILES string of the molecule is C/C=N\N(C)/C(=C(\C)Br)c1cc(NC(=O)Nc2ccc(F)c(F)c2)ccc1OC. The van der Waals surface area contributed by atoms with Crippen molar-refractivity contribution in [3.8, 4) is 5.75 Å². The molecule has 2 aromatic rings. The average molecular weight is 467 g/mol. The van der Waals surface area contributed by atoms with Gasteiger partial charge in [0.15, 0.2) is 11.6 Å². The lowest BCUT2D eigenvalue weighted by molar-refractivity contribution is 0.262. The van der Waals surface area contributed by atoms with E-state index < -0.39 is 17.7 Å². The first-order valence-electron chi connectivity index (χ1n) is 8.57. The number of anilines is 2. The molecular formula is C20H21BrF2N4O2. The number of urea groups is 1. The fraction of sp³-hybridized carbons (Fsp3) is 0.200. The van der Waals surface area contributed by atoms with Crippen molar-refractivity contribution >= 4 is 45.2 Å². The highest BCUT2D eigenvalue weighted by Crippen LogP contribution is 2.34. The monoisotopic (exact) mass is 466 g/mol. The first kappa shape index (κ1) is 22.4. The maximum Gasteiger partial charge on any atom is 0.323 e. The van der Waals surface area contributed by atoms with Gasteiger partial charge in [0.25, 0.3) is 0 Å². The number of nitrogens with zero attached hydrogens (tertiary/aromatic N) is 2. The van der Waals surface area contributed by atoms with Crippen LogP contribution in [0.15, 0.2) is 46.0 Å². The normalized spacial score (nSPS) is 11.8. The molecule has 9 heteroatoms. The summed E-state index contributed by atoms with van der Waals surface area (Å²) in [6.07, 6.45) is 1.65. The molecule has 154 valence electrons. The summed E-state index contributed by atoms with van der Waals surface area (Å²) >= 11 is 3.49. The quantitative estimate of drug-likeness (QED) is 0.427. The number of methoxy groups -OCH3 is 1. The second kappa shape index (κ2) is 10.0. The van der Waals surface area contributed by atoms with Crippen molar-refractivity contribution in [2.24, 2.45) is 5.10 Å². The van der Waals surface area contributed by atoms with E-state index in [1.54, 1.807) is 50.5 Å². The number of allylic oxidation sites excluding steroid dienone is 1. The summed E-state index contributed by atoms with van der Waals surface area (Å²) in [6, 6.07) is 7.61. The fourth-order valence-electron chi connectivity index (χ4n) is 2.65. The zero-order chi connectivity index (χ0) is 21.6. The van der Waals surface area contributed by atoms with Crippen LogP contribution in [0, 0.1) is 11.6 Å². The van der Waals surface area contributed by atoms with E-state index in [2.05, 4.69) is 31.7 Å². The lowest BCUT2D eigenvalue weighted by atomic mass is 10.1. The minimum atomic E-state index is -1.04. The maximum atomic E-state index is 13.3. The molecule has 0 unspecified atom stereocenters. The van der Waals surface area contributed by atoms with Gasteiger partial charge in [0.1, 0.15) is 5.75 Å². The van der Waals surface area contributed by atoms with Crippen LogP contribution in [0.3, 0.4) is 0 Å². The molecule has 2 aromatic carbocycles. The molecule has 0 fully saturated rings. The molecule has 0 radical (unpaired) electrons. The summed E-state index contributed by atoms with van der Waals surface area (Å²) in [5.74, 6) is -1.45. The molecule has 0 spiro atoms. The smallest absolute Gasteiger partial charge is 0.323 e. The molecule has 0 saturated heterocycles. The van der Waals surface area contributed by atoms with Crippen molar-refractivity contribution in [1.29, 1.82) is 0 Å². The number of halogens is 3. The molecule has 2 rings (SSSR count). The maximum absolute atomic E-state index is 13.3. The number of hydrogen-bond donors (Lipinski definition) is 2. The summed E-state index contributed by atoms with van der Waals surface area (Å²) in [7, 11) is 3.33. The zero-order valence-corrected chi connectivity index (χ0v) is 18.0. The van der Waals surface area contributed by atoms with E-state index in [9.17, 15) is 13.6 Å². The number of nitrogens with one attached hydrogen (secondary N) is 2. The number of hydrogen-bond acceptors (Lipinski definition) is 4. The average Bonchev–Trinajstić information content (AvgIpc) is 2.65. The van der Waals surface area contributed by atoms with Crippen LogP contribution in [0.1, 0.15) is 19.4 Å². The lowest BCUT2D eigenvalue weighted by Gasteiger charge is -2.21. The molecule has 0 saturated carbocycles. The molecule has 2 N–H and O–H groups in total. The van der Waals surface area contributed by atoms with Crippen molar-refractivity contribution in [2.75, 3.05) is 24.8 Å². The Hall–Kier alpha value is -2.94. The van der Waals surface area contributed by atoms with Gasteiger partial charge in [-0.1, -0.05) is 15.9 Å². The molecule has 0 aromatic heterocycles. The van der Waals surface area contributed by atoms with Crippen LogP contribution in [0.4, 0.5) is 25.0 Å². The topological polar surface area (TPSA) is 66.0 Å². The predicted octanol–water partition coefficient (Wildman–Crippen LogP) is 5.64. The van der Waals surface area contributed by atoms with Gasteiger partial charge in [-0.3, -0.25) is 5.01 Å². The van der Waals surface area contributed by atoms with Crippen molar-refractivity contribution < 1.29 is 18.3 Å². The van der Waals surface area contributed by atoms with Crippen molar-refractivity contribution in [1.82, 2.24) is 5.01 Å². The second-order valence-electron chi connectivity index (χ2n) is 5.90. The third kappa shape index (κ3) is 5.77. The third-order valence-corrected chi connectivity index (χ3v) is 4.20. The second-order valence-corrected chi connectivity index (χ2v) is 7.09. The fourth-order valence-corrected chi connectivity index (χ4v) is 3.12. The Balaban J connectivity index is 2.30. The number of carbonyl (C=O) groups is 1. The van der Waals surface area contributed by atoms with Crippen LogP contribution >= 0.6 is 15.9 Å². The number of carbonyl (C=O) groups excluding carboxylic acids is 1. The molecule has 2 amide bonds. The van der Waals surface area contributed by atoms with Gasteiger partial charge in [-0.2, -0.15) is 5.10 Å². The van der Waals surface area contributed by atoms with Gasteiger partial charge in [-0.05, 0) is 44.2 Å². The van der Waals surface area contributed by atoms with Crippen LogP contribution in [0.25, 0.3) is 5.70 Å². The van der Waals surface area contributed by atoms with Gasteiger partial charge in [-0.15, -0.1) is 0 Å². The zero-order valence-electron chi connectivity index (χ0n) is 16.4. The van der Waals surface area contributed by atoms with E-state index >= 15 is 0 Å². The standard InChI is InChI=1S/C20H21BrF2N4O2/c1-5-24-27(3)19(12(2)21)15-10-13(7-9-18(15)29-4)25-20(28)26-14-6-8-16(22)17(23)11-14/h5-11H,1-4H3,(H2,25,26,28)/b19-12+,24-5-. The Morgan fingerprint density at radius 3 is 2.31 bits per heavy atom. The third-order valence-electron chi connectivity index (χ3n) is 3.83. The van der Waals surface area contributed by atoms with Gasteiger partial charge in [-0.25, -0.2) is 13.6 Å². The van der Waals surface area contributed by atoms with E-state index in [4.69, 9.17) is 4.74 Å². The lowest BCUT2D eigenvalue weighted by Crippen LogP contribution is -2.20. The minimum absolute atomic E-state index is 0.129. The molecule has 0 bridgehead atoms. The Kier molecular flexibility index (Phi) is 7.72. The molecule has 0 aliphatic rings. The summed E-state index contributed by atoms with van der Waals surface area (Å²) in [5.41, 5.74) is 2.04. The largest absolute Gasteiger partial charge is 0.496 e. The molecule has 29 heavy (non-hydrogen) atoms. The summed E-state index contributed by atoms with van der Waals surface area (Å²) < 4.78 is 32.6. The van der Waals surface area contributed by atoms with E-state index in [0.717, 1.165) is 22.3 Å². The molecule has 0 aliphatic heterocycles. The van der Waals surface area contributed by atoms with E-state index in [1.807, 2.05) is 6.92 Å². The first-order valence-corrected chi connectivity index (χ1v) is 9.36. The number of amides is 2. The Bertz CT molecular complexity index is 959. The first-order chi connectivity index (χ1) is 13.8. The van der Waals surface area contributed by atoms with Gasteiger partial charge in [0, 0.05) is 40.7 Å². The van der Waals surface area contributed by atoms with Gasteiger partial charge < -0.3 is 15.4 Å². The van der Waals surface area contributed by atoms with Crippen LogP contribution in [0.2, 0.25) is 0 Å². The van der Waals surface area contributed by atoms with Gasteiger partial charge in [0.05, 0.1) is 12.8 Å².